The van der Waals surface area contributed by atoms with Crippen LogP contribution in [0.3, 0.4) is 0 Å². The fourth-order valence-electron chi connectivity index (χ4n) is 2.87. The molecular weight excluding hydrogens is 328 g/mol. The number of ether oxygens (including phenoxy) is 1. The Labute approximate surface area is 145 Å². The van der Waals surface area contributed by atoms with Crippen molar-refractivity contribution in [3.05, 3.63) is 27.9 Å². The van der Waals surface area contributed by atoms with Crippen LogP contribution in [0.15, 0.2) is 9.80 Å². The first-order valence-electron chi connectivity index (χ1n) is 8.06. The van der Waals surface area contributed by atoms with Gasteiger partial charge in [-0.05, 0) is 5.92 Å². The van der Waals surface area contributed by atoms with Crippen LogP contribution >= 0.6 is 11.3 Å². The van der Waals surface area contributed by atoms with Gasteiger partial charge in [0.15, 0.2) is 0 Å². The molecule has 0 aliphatic carbocycles. The van der Waals surface area contributed by atoms with Gasteiger partial charge in [0.1, 0.15) is 11.7 Å². The normalized spacial score (nSPS) is 21.0. The highest BCUT2D eigenvalue weighted by Gasteiger charge is 2.40. The average Bonchev–Trinajstić information content (AvgIpc) is 3.24. The van der Waals surface area contributed by atoms with Gasteiger partial charge in [0.2, 0.25) is 11.8 Å². The largest absolute Gasteiger partial charge is 0.423 e. The van der Waals surface area contributed by atoms with Crippen LogP contribution in [0.25, 0.3) is 0 Å². The summed E-state index contributed by atoms with van der Waals surface area (Å²) >= 11 is 1.53. The van der Waals surface area contributed by atoms with E-state index in [0.29, 0.717) is 36.4 Å². The first-order valence-corrected chi connectivity index (χ1v) is 8.94. The Hall–Kier alpha value is -1.80. The maximum absolute atomic E-state index is 12.9. The zero-order chi connectivity index (χ0) is 17.3. The quantitative estimate of drug-likeness (QED) is 0.824. The number of nitrogens with zero attached hydrogens (tertiary/aromatic N) is 4. The molecule has 0 radical (unpaired) electrons. The summed E-state index contributed by atoms with van der Waals surface area (Å²) in [6, 6.07) is -0.265. The number of carbonyl (C=O) groups excluding carboxylic acids is 1. The first kappa shape index (κ1) is 17.0. The van der Waals surface area contributed by atoms with E-state index in [1.807, 2.05) is 5.38 Å². The van der Waals surface area contributed by atoms with Gasteiger partial charge in [0.05, 0.1) is 11.1 Å². The zero-order valence-corrected chi connectivity index (χ0v) is 15.2. The third-order valence-electron chi connectivity index (χ3n) is 4.04. The highest BCUT2D eigenvalue weighted by molar-refractivity contribution is 7.09. The second-order valence-corrected chi connectivity index (χ2v) is 7.39. The van der Waals surface area contributed by atoms with Crippen molar-refractivity contribution in [3.8, 4) is 0 Å². The van der Waals surface area contributed by atoms with Gasteiger partial charge in [-0.3, -0.25) is 4.79 Å². The van der Waals surface area contributed by atoms with Crippen molar-refractivity contribution in [2.24, 2.45) is 5.92 Å². The van der Waals surface area contributed by atoms with Crippen molar-refractivity contribution in [1.29, 1.82) is 0 Å². The summed E-state index contributed by atoms with van der Waals surface area (Å²) in [4.78, 5) is 19.2. The van der Waals surface area contributed by atoms with Gasteiger partial charge in [-0.1, -0.05) is 13.8 Å². The molecule has 130 valence electrons. The molecule has 1 fully saturated rings. The van der Waals surface area contributed by atoms with E-state index in [4.69, 9.17) is 9.15 Å². The molecule has 1 amide bonds. The molecule has 3 rings (SSSR count). The Morgan fingerprint density at radius 3 is 2.92 bits per heavy atom. The molecule has 2 atom stereocenters. The van der Waals surface area contributed by atoms with Gasteiger partial charge in [-0.15, -0.1) is 21.5 Å². The Morgan fingerprint density at radius 1 is 1.50 bits per heavy atom. The molecule has 24 heavy (non-hydrogen) atoms. The summed E-state index contributed by atoms with van der Waals surface area (Å²) in [6.45, 7) is 6.52. The summed E-state index contributed by atoms with van der Waals surface area (Å²) in [6.07, 6.45) is 1.48. The Morgan fingerprint density at radius 2 is 2.29 bits per heavy atom. The van der Waals surface area contributed by atoms with Crippen molar-refractivity contribution in [2.75, 3.05) is 13.7 Å². The van der Waals surface area contributed by atoms with Gasteiger partial charge in [-0.2, -0.15) is 0 Å². The van der Waals surface area contributed by atoms with E-state index in [1.165, 1.54) is 11.3 Å². The minimum absolute atomic E-state index is 0.0417. The lowest BCUT2D eigenvalue weighted by Gasteiger charge is -2.20. The van der Waals surface area contributed by atoms with Crippen LogP contribution in [0.2, 0.25) is 0 Å². The molecule has 8 heteroatoms. The van der Waals surface area contributed by atoms with Crippen LogP contribution in [-0.2, 0) is 11.2 Å². The van der Waals surface area contributed by atoms with E-state index in [-0.39, 0.29) is 18.1 Å². The molecule has 0 spiro atoms. The number of aryl methyl sites for hydroxylation is 1. The maximum atomic E-state index is 12.9. The molecule has 1 aliphatic rings. The van der Waals surface area contributed by atoms with E-state index < -0.39 is 0 Å². The molecule has 3 heterocycles. The van der Waals surface area contributed by atoms with Crippen LogP contribution in [0.5, 0.6) is 0 Å². The molecule has 0 unspecified atom stereocenters. The number of methoxy groups -OCH3 is 1. The minimum atomic E-state index is -0.265. The van der Waals surface area contributed by atoms with Gasteiger partial charge >= 0.3 is 0 Å². The SMILES string of the molecule is CO[C@H]1C[C@H](c2nnc(C)o2)N(C(=O)c2csc(CC(C)C)n2)C1. The van der Waals surface area contributed by atoms with Crippen LogP contribution in [0, 0.1) is 12.8 Å². The molecular formula is C16H22N4O3S. The van der Waals surface area contributed by atoms with Crippen LogP contribution in [0.4, 0.5) is 0 Å². The second-order valence-electron chi connectivity index (χ2n) is 6.45. The van der Waals surface area contributed by atoms with Crippen molar-refractivity contribution in [3.63, 3.8) is 0 Å². The van der Waals surface area contributed by atoms with Crippen LogP contribution in [0.1, 0.15) is 53.6 Å². The molecule has 1 aliphatic heterocycles. The highest BCUT2D eigenvalue weighted by Crippen LogP contribution is 2.34. The number of likely N-dealkylation sites (tertiary alicyclic amines) is 1. The maximum Gasteiger partial charge on any atom is 0.274 e. The van der Waals surface area contributed by atoms with Crippen LogP contribution in [-0.4, -0.2) is 45.7 Å². The fourth-order valence-corrected chi connectivity index (χ4v) is 3.85. The van der Waals surface area contributed by atoms with E-state index in [9.17, 15) is 4.79 Å². The summed E-state index contributed by atoms with van der Waals surface area (Å²) in [5.74, 6) is 1.35. The standard InChI is InChI=1S/C16H22N4O3S/c1-9(2)5-14-17-12(8-24-14)16(21)20-7-11(22-4)6-13(20)15-19-18-10(3)23-15/h8-9,11,13H,5-7H2,1-4H3/t11-,13+/m0/s1. The minimum Gasteiger partial charge on any atom is -0.423 e. The predicted molar refractivity (Wildman–Crippen MR) is 88.9 cm³/mol. The van der Waals surface area contributed by atoms with Crippen molar-refractivity contribution < 1.29 is 13.9 Å². The molecule has 7 nitrogen and oxygen atoms in total. The predicted octanol–water partition coefficient (Wildman–Crippen LogP) is 2.64. The lowest BCUT2D eigenvalue weighted by molar-refractivity contribution is 0.0669. The summed E-state index contributed by atoms with van der Waals surface area (Å²) in [5.41, 5.74) is 0.480. The van der Waals surface area contributed by atoms with Crippen LogP contribution < -0.4 is 0 Å². The summed E-state index contributed by atoms with van der Waals surface area (Å²) < 4.78 is 11.0. The smallest absolute Gasteiger partial charge is 0.274 e. The number of hydrogen-bond acceptors (Lipinski definition) is 7. The molecule has 2 aromatic rings. The van der Waals surface area contributed by atoms with Crippen molar-refractivity contribution in [2.45, 2.75) is 45.8 Å². The molecule has 0 bridgehead atoms. The Bertz CT molecular complexity index is 712. The Kier molecular flexibility index (Phi) is 4.96. The average molecular weight is 350 g/mol. The summed E-state index contributed by atoms with van der Waals surface area (Å²) in [5, 5.41) is 10.8. The van der Waals surface area contributed by atoms with Crippen molar-refractivity contribution >= 4 is 17.2 Å². The van der Waals surface area contributed by atoms with E-state index in [0.717, 1.165) is 11.4 Å². The Balaban J connectivity index is 1.82. The van der Waals surface area contributed by atoms with Gasteiger partial charge < -0.3 is 14.1 Å². The van der Waals surface area contributed by atoms with E-state index >= 15 is 0 Å². The first-order chi connectivity index (χ1) is 11.5. The van der Waals surface area contributed by atoms with Gasteiger partial charge in [0, 0.05) is 38.8 Å². The molecule has 2 aromatic heterocycles. The summed E-state index contributed by atoms with van der Waals surface area (Å²) in [7, 11) is 1.65. The number of hydrogen-bond donors (Lipinski definition) is 0. The second kappa shape index (κ2) is 6.98. The monoisotopic (exact) mass is 350 g/mol. The topological polar surface area (TPSA) is 81.4 Å². The van der Waals surface area contributed by atoms with E-state index in [2.05, 4.69) is 29.0 Å². The number of rotatable bonds is 5. The number of amides is 1. The number of aromatic nitrogens is 3. The highest BCUT2D eigenvalue weighted by atomic mass is 32.1. The third kappa shape index (κ3) is 3.49. The molecule has 0 saturated carbocycles. The molecule has 1 saturated heterocycles. The molecule has 0 N–H and O–H groups in total. The van der Waals surface area contributed by atoms with Crippen molar-refractivity contribution in [1.82, 2.24) is 20.1 Å². The van der Waals surface area contributed by atoms with Gasteiger partial charge in [0.25, 0.3) is 5.91 Å². The number of thiazole rings is 1. The third-order valence-corrected chi connectivity index (χ3v) is 4.91. The molecule has 0 aromatic carbocycles. The zero-order valence-electron chi connectivity index (χ0n) is 14.4. The van der Waals surface area contributed by atoms with Gasteiger partial charge in [-0.25, -0.2) is 4.98 Å². The number of carbonyl (C=O) groups is 1. The lowest BCUT2D eigenvalue weighted by Crippen LogP contribution is -2.32. The fraction of sp³-hybridized carbons (Fsp3) is 0.625. The lowest BCUT2D eigenvalue weighted by atomic mass is 10.1. The van der Waals surface area contributed by atoms with E-state index in [1.54, 1.807) is 18.9 Å².